The van der Waals surface area contributed by atoms with Crippen LogP contribution in [0.1, 0.15) is 60.8 Å². The van der Waals surface area contributed by atoms with Gasteiger partial charge in [0, 0.05) is 0 Å². The highest BCUT2D eigenvalue weighted by Crippen LogP contribution is 2.30. The normalized spacial score (nSPS) is 16.1. The Kier molecular flexibility index (Phi) is 8.84. The lowest BCUT2D eigenvalue weighted by Crippen LogP contribution is -2.23. The summed E-state index contributed by atoms with van der Waals surface area (Å²) < 4.78 is 4.91. The smallest absolute Gasteiger partial charge is 0.308 e. The number of hydrogen-bond donors (Lipinski definition) is 0. The van der Waals surface area contributed by atoms with Crippen molar-refractivity contribution in [1.82, 2.24) is 0 Å². The third-order valence-corrected chi connectivity index (χ3v) is 4.37. The number of hydrogen-bond acceptors (Lipinski definition) is 2. The molecule has 0 saturated heterocycles. The lowest BCUT2D eigenvalue weighted by Gasteiger charge is -2.26. The number of esters is 1. The zero-order valence-corrected chi connectivity index (χ0v) is 14.5. The topological polar surface area (TPSA) is 26.3 Å². The second-order valence-electron chi connectivity index (χ2n) is 6.99. The van der Waals surface area contributed by atoms with Crippen molar-refractivity contribution in [3.63, 3.8) is 0 Å². The van der Waals surface area contributed by atoms with E-state index in [1.54, 1.807) is 0 Å². The van der Waals surface area contributed by atoms with Crippen LogP contribution in [0.4, 0.5) is 0 Å². The maximum Gasteiger partial charge on any atom is 0.308 e. The Morgan fingerprint density at radius 2 is 1.50 bits per heavy atom. The summed E-state index contributed by atoms with van der Waals surface area (Å²) in [6.07, 6.45) is 3.17. The van der Waals surface area contributed by atoms with E-state index in [4.69, 9.17) is 4.74 Å². The van der Waals surface area contributed by atoms with E-state index in [-0.39, 0.29) is 11.9 Å². The molecular formula is C18H34O2. The minimum Gasteiger partial charge on any atom is -0.469 e. The molecule has 0 aromatic carbocycles. The molecule has 0 amide bonds. The van der Waals surface area contributed by atoms with E-state index >= 15 is 0 Å². The monoisotopic (exact) mass is 282 g/mol. The van der Waals surface area contributed by atoms with E-state index < -0.39 is 0 Å². The van der Waals surface area contributed by atoms with Gasteiger partial charge in [-0.2, -0.15) is 0 Å². The quantitative estimate of drug-likeness (QED) is 0.435. The van der Waals surface area contributed by atoms with Crippen molar-refractivity contribution in [1.29, 1.82) is 0 Å². The van der Waals surface area contributed by atoms with Gasteiger partial charge in [0.05, 0.1) is 13.0 Å². The molecule has 2 nitrogen and oxygen atoms in total. The Balaban J connectivity index is 4.42. The molecule has 0 aliphatic carbocycles. The van der Waals surface area contributed by atoms with Crippen LogP contribution in [0.3, 0.4) is 0 Å². The Morgan fingerprint density at radius 1 is 1.00 bits per heavy atom. The van der Waals surface area contributed by atoms with Crippen molar-refractivity contribution in [3.8, 4) is 0 Å². The lowest BCUT2D eigenvalue weighted by atomic mass is 9.80. The highest BCUT2D eigenvalue weighted by molar-refractivity contribution is 5.72. The van der Waals surface area contributed by atoms with Gasteiger partial charge in [0.15, 0.2) is 0 Å². The van der Waals surface area contributed by atoms with Crippen LogP contribution in [-0.2, 0) is 9.53 Å². The van der Waals surface area contributed by atoms with E-state index in [1.165, 1.54) is 19.1 Å². The van der Waals surface area contributed by atoms with Gasteiger partial charge in [0.25, 0.3) is 0 Å². The predicted molar refractivity (Wildman–Crippen MR) is 86.5 cm³/mol. The minimum atomic E-state index is -0.0625. The zero-order valence-electron chi connectivity index (χ0n) is 14.5. The van der Waals surface area contributed by atoms with E-state index in [9.17, 15) is 4.79 Å². The summed E-state index contributed by atoms with van der Waals surface area (Å²) in [7, 11) is 1.48. The molecule has 0 saturated carbocycles. The van der Waals surface area contributed by atoms with Gasteiger partial charge >= 0.3 is 5.97 Å². The lowest BCUT2D eigenvalue weighted by molar-refractivity contribution is -0.147. The van der Waals surface area contributed by atoms with Crippen molar-refractivity contribution >= 4 is 5.97 Å². The average molecular weight is 282 g/mol. The largest absolute Gasteiger partial charge is 0.469 e. The fourth-order valence-electron chi connectivity index (χ4n) is 2.93. The molecule has 20 heavy (non-hydrogen) atoms. The van der Waals surface area contributed by atoms with Gasteiger partial charge in [-0.1, -0.05) is 46.8 Å². The first-order valence-electron chi connectivity index (χ1n) is 7.93. The van der Waals surface area contributed by atoms with Crippen molar-refractivity contribution in [2.45, 2.75) is 60.8 Å². The molecule has 0 fully saturated rings. The molecule has 0 aliphatic heterocycles. The second kappa shape index (κ2) is 9.20. The Hall–Kier alpha value is -0.790. The summed E-state index contributed by atoms with van der Waals surface area (Å²) in [5.41, 5.74) is 1.28. The number of rotatable bonds is 9. The maximum absolute atomic E-state index is 11.8. The van der Waals surface area contributed by atoms with Crippen LogP contribution in [0.5, 0.6) is 0 Å². The molecule has 0 aromatic heterocycles. The first-order chi connectivity index (χ1) is 9.20. The molecule has 0 N–H and O–H groups in total. The van der Waals surface area contributed by atoms with Crippen molar-refractivity contribution < 1.29 is 9.53 Å². The Bertz CT molecular complexity index is 305. The van der Waals surface area contributed by atoms with Crippen LogP contribution in [0, 0.1) is 29.6 Å². The molecule has 0 heterocycles. The van der Waals surface area contributed by atoms with Crippen LogP contribution in [0.25, 0.3) is 0 Å². The molecule has 0 radical (unpaired) electrons. The molecule has 0 rings (SSSR count). The van der Waals surface area contributed by atoms with Gasteiger partial charge in [-0.15, -0.1) is 0 Å². The number of ether oxygens (including phenoxy) is 1. The average Bonchev–Trinajstić information content (AvgIpc) is 2.34. The number of carbonyl (C=O) groups is 1. The van der Waals surface area contributed by atoms with Gasteiger partial charge in [-0.25, -0.2) is 0 Å². The van der Waals surface area contributed by atoms with Gasteiger partial charge < -0.3 is 4.74 Å². The SMILES string of the molecule is C=C(C)C(CC(C)CCC(C(=O)OC)C(C)C)C(C)C. The van der Waals surface area contributed by atoms with E-state index in [0.29, 0.717) is 23.7 Å². The van der Waals surface area contributed by atoms with E-state index in [2.05, 4.69) is 48.1 Å². The molecular weight excluding hydrogens is 248 g/mol. The highest BCUT2D eigenvalue weighted by Gasteiger charge is 2.24. The Labute approximate surface area is 126 Å². The van der Waals surface area contributed by atoms with Crippen molar-refractivity contribution in [2.75, 3.05) is 7.11 Å². The summed E-state index contributed by atoms with van der Waals surface area (Å²) >= 11 is 0. The third-order valence-electron chi connectivity index (χ3n) is 4.37. The molecule has 118 valence electrons. The molecule has 2 heteroatoms. The maximum atomic E-state index is 11.8. The van der Waals surface area contributed by atoms with Crippen molar-refractivity contribution in [2.24, 2.45) is 29.6 Å². The summed E-state index contributed by atoms with van der Waals surface area (Å²) in [5, 5.41) is 0. The summed E-state index contributed by atoms with van der Waals surface area (Å²) in [4.78, 5) is 11.8. The van der Waals surface area contributed by atoms with E-state index in [1.807, 2.05) is 0 Å². The van der Waals surface area contributed by atoms with Gasteiger partial charge in [0.1, 0.15) is 0 Å². The fourth-order valence-corrected chi connectivity index (χ4v) is 2.93. The van der Waals surface area contributed by atoms with Crippen molar-refractivity contribution in [3.05, 3.63) is 12.2 Å². The summed E-state index contributed by atoms with van der Waals surface area (Å²) in [6.45, 7) is 17.2. The fraction of sp³-hybridized carbons (Fsp3) is 0.833. The zero-order chi connectivity index (χ0) is 15.9. The number of methoxy groups -OCH3 is 1. The highest BCUT2D eigenvalue weighted by atomic mass is 16.5. The summed E-state index contributed by atoms with van der Waals surface area (Å²) in [6, 6.07) is 0. The van der Waals surface area contributed by atoms with Crippen LogP contribution in [0.15, 0.2) is 12.2 Å². The van der Waals surface area contributed by atoms with Gasteiger partial charge in [0.2, 0.25) is 0 Å². The second-order valence-corrected chi connectivity index (χ2v) is 6.99. The molecule has 0 aliphatic rings. The molecule has 0 aromatic rings. The number of allylic oxidation sites excluding steroid dienone is 1. The predicted octanol–water partition coefficient (Wildman–Crippen LogP) is 5.09. The van der Waals surface area contributed by atoms with Gasteiger partial charge in [-0.3, -0.25) is 4.79 Å². The third kappa shape index (κ3) is 6.58. The molecule has 3 atom stereocenters. The summed E-state index contributed by atoms with van der Waals surface area (Å²) in [5.74, 6) is 2.15. The minimum absolute atomic E-state index is 0.0322. The first kappa shape index (κ1) is 19.2. The first-order valence-corrected chi connectivity index (χ1v) is 7.93. The standard InChI is InChI=1S/C18H34O2/c1-12(2)16(18(19)20-8)10-9-15(7)11-17(13(3)4)14(5)6/h12,14-17H,3,9-11H2,1-2,4-8H3. The molecule has 0 spiro atoms. The van der Waals surface area contributed by atoms with Gasteiger partial charge in [-0.05, 0) is 49.9 Å². The van der Waals surface area contributed by atoms with Crippen LogP contribution in [0.2, 0.25) is 0 Å². The molecule has 0 bridgehead atoms. The Morgan fingerprint density at radius 3 is 1.85 bits per heavy atom. The van der Waals surface area contributed by atoms with E-state index in [0.717, 1.165) is 12.8 Å². The molecule has 3 unspecified atom stereocenters. The number of carbonyl (C=O) groups excluding carboxylic acids is 1. The van der Waals surface area contributed by atoms with Crippen LogP contribution in [-0.4, -0.2) is 13.1 Å². The van der Waals surface area contributed by atoms with Crippen LogP contribution < -0.4 is 0 Å². The van der Waals surface area contributed by atoms with Crippen LogP contribution >= 0.6 is 0 Å².